The quantitative estimate of drug-likeness (QED) is 0.214. The SMILES string of the molecule is CN1CCN(Cc2ccc(NC(=O)c3cc(Oc4nc(-c5cccc(O)c5)nc5nn(C)cc45)ccc3Cl)cc2C(F)(F)F)CC1. The van der Waals surface area contributed by atoms with Gasteiger partial charge in [0.05, 0.1) is 16.1 Å². The summed E-state index contributed by atoms with van der Waals surface area (Å²) in [5.41, 5.74) is 0.166. The number of nitrogens with one attached hydrogen (secondary N) is 1. The van der Waals surface area contributed by atoms with Gasteiger partial charge in [-0.15, -0.1) is 0 Å². The van der Waals surface area contributed by atoms with Gasteiger partial charge in [0.1, 0.15) is 16.9 Å². The highest BCUT2D eigenvalue weighted by Gasteiger charge is 2.34. The van der Waals surface area contributed by atoms with Gasteiger partial charge in [-0.25, -0.2) is 4.98 Å². The Morgan fingerprint density at radius 3 is 2.54 bits per heavy atom. The fourth-order valence-electron chi connectivity index (χ4n) is 5.20. The zero-order valence-corrected chi connectivity index (χ0v) is 25.6. The number of halogens is 4. The molecule has 14 heteroatoms. The molecule has 0 saturated carbocycles. The van der Waals surface area contributed by atoms with E-state index in [1.807, 2.05) is 11.9 Å². The Bertz CT molecular complexity index is 1920. The summed E-state index contributed by atoms with van der Waals surface area (Å²) in [6.45, 7) is 3.05. The molecule has 0 bridgehead atoms. The number of nitrogens with zero attached hydrogens (tertiary/aromatic N) is 6. The van der Waals surface area contributed by atoms with E-state index in [1.54, 1.807) is 30.1 Å². The molecule has 10 nitrogen and oxygen atoms in total. The van der Waals surface area contributed by atoms with Crippen molar-refractivity contribution in [2.45, 2.75) is 12.7 Å². The van der Waals surface area contributed by atoms with Gasteiger partial charge in [0.25, 0.3) is 5.91 Å². The number of phenols is 1. The van der Waals surface area contributed by atoms with Crippen LogP contribution in [0.5, 0.6) is 17.4 Å². The van der Waals surface area contributed by atoms with Crippen LogP contribution in [-0.2, 0) is 19.8 Å². The van der Waals surface area contributed by atoms with Gasteiger partial charge >= 0.3 is 6.18 Å². The van der Waals surface area contributed by atoms with Crippen LogP contribution in [0.25, 0.3) is 22.4 Å². The lowest BCUT2D eigenvalue weighted by Crippen LogP contribution is -2.44. The fourth-order valence-corrected chi connectivity index (χ4v) is 5.40. The van der Waals surface area contributed by atoms with Crippen molar-refractivity contribution in [3.05, 3.63) is 88.6 Å². The van der Waals surface area contributed by atoms with Crippen LogP contribution in [0, 0.1) is 0 Å². The Hall–Kier alpha value is -4.72. The van der Waals surface area contributed by atoms with Crippen molar-refractivity contribution in [3.8, 4) is 28.8 Å². The fraction of sp³-hybridized carbons (Fsp3) is 0.250. The number of alkyl halides is 3. The predicted molar refractivity (Wildman–Crippen MR) is 167 cm³/mol. The van der Waals surface area contributed by atoms with Crippen LogP contribution in [0.4, 0.5) is 18.9 Å². The van der Waals surface area contributed by atoms with Gasteiger partial charge < -0.3 is 20.1 Å². The van der Waals surface area contributed by atoms with Crippen LogP contribution in [0.15, 0.2) is 66.9 Å². The molecule has 0 spiro atoms. The van der Waals surface area contributed by atoms with Crippen molar-refractivity contribution in [1.29, 1.82) is 0 Å². The molecule has 1 saturated heterocycles. The molecule has 46 heavy (non-hydrogen) atoms. The highest BCUT2D eigenvalue weighted by molar-refractivity contribution is 6.34. The summed E-state index contributed by atoms with van der Waals surface area (Å²) in [5, 5.41) is 17.4. The van der Waals surface area contributed by atoms with E-state index in [-0.39, 0.29) is 51.6 Å². The van der Waals surface area contributed by atoms with Gasteiger partial charge in [-0.05, 0) is 55.1 Å². The van der Waals surface area contributed by atoms with Crippen LogP contribution in [0.1, 0.15) is 21.5 Å². The number of rotatable bonds is 7. The third kappa shape index (κ3) is 6.91. The first-order valence-corrected chi connectivity index (χ1v) is 14.7. The van der Waals surface area contributed by atoms with Crippen molar-refractivity contribution in [3.63, 3.8) is 0 Å². The Morgan fingerprint density at radius 2 is 1.80 bits per heavy atom. The number of aromatic hydroxyl groups is 1. The normalized spacial score (nSPS) is 14.5. The number of aryl methyl sites for hydroxylation is 1. The molecule has 6 rings (SSSR count). The van der Waals surface area contributed by atoms with E-state index in [0.717, 1.165) is 19.2 Å². The van der Waals surface area contributed by atoms with E-state index in [9.17, 15) is 23.1 Å². The topological polar surface area (TPSA) is 109 Å². The van der Waals surface area contributed by atoms with Crippen LogP contribution in [-0.4, -0.2) is 73.8 Å². The molecule has 238 valence electrons. The van der Waals surface area contributed by atoms with E-state index in [1.165, 1.54) is 42.5 Å². The minimum absolute atomic E-state index is 0.0149. The molecule has 2 aromatic heterocycles. The number of piperazine rings is 1. The molecule has 0 aliphatic carbocycles. The van der Waals surface area contributed by atoms with Crippen LogP contribution >= 0.6 is 11.6 Å². The molecular formula is C32H29ClF3N7O3. The third-order valence-electron chi connectivity index (χ3n) is 7.62. The van der Waals surface area contributed by atoms with E-state index >= 15 is 0 Å². The number of carbonyl (C=O) groups is 1. The first-order valence-electron chi connectivity index (χ1n) is 14.3. The molecule has 3 aromatic carbocycles. The molecule has 2 N–H and O–H groups in total. The van der Waals surface area contributed by atoms with Gasteiger partial charge in [-0.3, -0.25) is 14.4 Å². The standard InChI is InChI=1S/C32H29ClF3N7O3/c1-41-10-12-43(13-11-41)17-20-6-7-21(15-26(20)32(34,35)36)37-30(45)24-16-23(8-9-27(24)33)46-31-25-18-42(2)40-29(25)38-28(39-31)19-4-3-5-22(44)14-19/h3-9,14-16,18,44H,10-13,17H2,1-2H3,(H,37,45). The van der Waals surface area contributed by atoms with E-state index in [4.69, 9.17) is 16.3 Å². The molecule has 1 fully saturated rings. The smallest absolute Gasteiger partial charge is 0.416 e. The number of hydrogen-bond acceptors (Lipinski definition) is 8. The van der Waals surface area contributed by atoms with Crippen molar-refractivity contribution in [2.75, 3.05) is 38.5 Å². The van der Waals surface area contributed by atoms with Crippen LogP contribution in [0.2, 0.25) is 5.02 Å². The van der Waals surface area contributed by atoms with E-state index in [2.05, 4.69) is 25.3 Å². The van der Waals surface area contributed by atoms with Gasteiger partial charge in [-0.1, -0.05) is 29.8 Å². The average molecular weight is 652 g/mol. The second-order valence-electron chi connectivity index (χ2n) is 11.1. The molecule has 3 heterocycles. The van der Waals surface area contributed by atoms with Gasteiger partial charge in [-0.2, -0.15) is 23.3 Å². The van der Waals surface area contributed by atoms with Crippen molar-refractivity contribution >= 4 is 34.2 Å². The number of carbonyl (C=O) groups excluding carboxylic acids is 1. The van der Waals surface area contributed by atoms with Crippen molar-refractivity contribution < 1.29 is 27.8 Å². The third-order valence-corrected chi connectivity index (χ3v) is 7.95. The molecule has 5 aromatic rings. The Morgan fingerprint density at radius 1 is 1.02 bits per heavy atom. The van der Waals surface area contributed by atoms with Gasteiger partial charge in [0, 0.05) is 57.2 Å². The summed E-state index contributed by atoms with van der Waals surface area (Å²) in [6.07, 6.45) is -2.94. The lowest BCUT2D eigenvalue weighted by Gasteiger charge is -2.33. The number of ether oxygens (including phenoxy) is 1. The van der Waals surface area contributed by atoms with Gasteiger partial charge in [0.15, 0.2) is 11.5 Å². The molecule has 1 aliphatic rings. The first kappa shape index (κ1) is 31.3. The molecule has 0 atom stereocenters. The Kier molecular flexibility index (Phi) is 8.55. The summed E-state index contributed by atoms with van der Waals surface area (Å²) in [6, 6.07) is 14.6. The van der Waals surface area contributed by atoms with E-state index < -0.39 is 17.6 Å². The number of fused-ring (bicyclic) bond motifs is 1. The average Bonchev–Trinajstić information content (AvgIpc) is 3.40. The molecule has 0 radical (unpaired) electrons. The molecule has 0 unspecified atom stereocenters. The summed E-state index contributed by atoms with van der Waals surface area (Å²) < 4.78 is 49.9. The Labute approximate surface area is 267 Å². The van der Waals surface area contributed by atoms with Crippen molar-refractivity contribution in [1.82, 2.24) is 29.5 Å². The molecule has 1 amide bonds. The highest BCUT2D eigenvalue weighted by Crippen LogP contribution is 2.36. The van der Waals surface area contributed by atoms with Crippen LogP contribution in [0.3, 0.4) is 0 Å². The summed E-state index contributed by atoms with van der Waals surface area (Å²) >= 11 is 6.36. The number of hydrogen-bond donors (Lipinski definition) is 2. The lowest BCUT2D eigenvalue weighted by atomic mass is 10.0. The summed E-state index contributed by atoms with van der Waals surface area (Å²) in [4.78, 5) is 26.4. The number of phenolic OH excluding ortho intramolecular Hbond substituents is 1. The number of benzene rings is 3. The maximum absolute atomic E-state index is 14.1. The molecular weight excluding hydrogens is 623 g/mol. The lowest BCUT2D eigenvalue weighted by molar-refractivity contribution is -0.138. The minimum atomic E-state index is -4.61. The second kappa shape index (κ2) is 12.6. The number of likely N-dealkylation sites (N-methyl/N-ethyl adjacent to an activating group) is 1. The predicted octanol–water partition coefficient (Wildman–Crippen LogP) is 6.20. The maximum Gasteiger partial charge on any atom is 0.416 e. The number of amides is 1. The minimum Gasteiger partial charge on any atom is -0.508 e. The zero-order chi connectivity index (χ0) is 32.6. The number of anilines is 1. The molecule has 1 aliphatic heterocycles. The Balaban J connectivity index is 1.26. The largest absolute Gasteiger partial charge is 0.508 e. The second-order valence-corrected chi connectivity index (χ2v) is 11.5. The first-order chi connectivity index (χ1) is 21.9. The zero-order valence-electron chi connectivity index (χ0n) is 24.8. The monoisotopic (exact) mass is 651 g/mol. The summed E-state index contributed by atoms with van der Waals surface area (Å²) in [7, 11) is 3.70. The van der Waals surface area contributed by atoms with E-state index in [0.29, 0.717) is 29.7 Å². The van der Waals surface area contributed by atoms with Gasteiger partial charge in [0.2, 0.25) is 5.88 Å². The summed E-state index contributed by atoms with van der Waals surface area (Å²) in [5.74, 6) is -0.106. The number of aromatic nitrogens is 4. The van der Waals surface area contributed by atoms with Crippen LogP contribution < -0.4 is 10.1 Å². The van der Waals surface area contributed by atoms with Crippen molar-refractivity contribution in [2.24, 2.45) is 7.05 Å². The maximum atomic E-state index is 14.1. The highest BCUT2D eigenvalue weighted by atomic mass is 35.5.